The Morgan fingerprint density at radius 1 is 0.657 bits per heavy atom. The van der Waals surface area contributed by atoms with Crippen LogP contribution in [-0.4, -0.2) is 39.2 Å². The van der Waals surface area contributed by atoms with Gasteiger partial charge in [-0.25, -0.2) is 0 Å². The van der Waals surface area contributed by atoms with Crippen molar-refractivity contribution in [3.05, 3.63) is 83.4 Å². The van der Waals surface area contributed by atoms with E-state index in [1.165, 1.54) is 21.3 Å². The van der Waals surface area contributed by atoms with Crippen LogP contribution in [-0.2, 0) is 0 Å². The topological polar surface area (TPSA) is 95.1 Å². The summed E-state index contributed by atoms with van der Waals surface area (Å²) in [6.07, 6.45) is -0.951. The summed E-state index contributed by atoms with van der Waals surface area (Å²) in [5.74, 6) is 1.01. The highest BCUT2D eigenvalue weighted by Gasteiger charge is 2.23. The number of hydrogen-bond donors (Lipinski definition) is 2. The smallest absolute Gasteiger partial charge is 0.256 e. The van der Waals surface area contributed by atoms with E-state index < -0.39 is 18.0 Å². The van der Waals surface area contributed by atoms with Gasteiger partial charge >= 0.3 is 0 Å². The van der Waals surface area contributed by atoms with Gasteiger partial charge in [0.25, 0.3) is 11.8 Å². The van der Waals surface area contributed by atoms with Crippen LogP contribution in [0.2, 0.25) is 0 Å². The van der Waals surface area contributed by atoms with Gasteiger partial charge in [-0.3, -0.25) is 9.59 Å². The number of ether oxygens (including phenoxy) is 4. The molecule has 3 rings (SSSR count). The molecule has 0 aliphatic carbocycles. The Bertz CT molecular complexity index is 1120. The normalized spacial score (nSPS) is 10.6. The summed E-state index contributed by atoms with van der Waals surface area (Å²) in [6.45, 7) is 3.83. The molecule has 0 saturated heterocycles. The van der Waals surface area contributed by atoms with Crippen molar-refractivity contribution in [2.75, 3.05) is 21.3 Å². The second kappa shape index (κ2) is 11.8. The highest BCUT2D eigenvalue weighted by molar-refractivity contribution is 5.99. The largest absolute Gasteiger partial charge is 0.496 e. The van der Waals surface area contributed by atoms with Gasteiger partial charge in [-0.15, -0.1) is 0 Å². The molecule has 8 nitrogen and oxygen atoms in total. The van der Waals surface area contributed by atoms with Crippen LogP contribution in [0.25, 0.3) is 0 Å². The zero-order valence-electron chi connectivity index (χ0n) is 20.5. The molecule has 0 heterocycles. The predicted octanol–water partition coefficient (Wildman–Crippen LogP) is 4.36. The fourth-order valence-electron chi connectivity index (χ4n) is 3.50. The molecule has 0 saturated carbocycles. The van der Waals surface area contributed by atoms with E-state index in [9.17, 15) is 9.59 Å². The lowest BCUT2D eigenvalue weighted by atomic mass is 10.1. The number of para-hydroxylation sites is 2. The molecule has 184 valence electrons. The SMILES string of the molecule is COc1cc(C(NC(=O)c2ccccc2OC)NC(=O)c2ccccc2OC)ccc1OC(C)C. The molecule has 0 atom stereocenters. The average molecular weight is 479 g/mol. The Morgan fingerprint density at radius 2 is 1.14 bits per heavy atom. The third-order valence-corrected chi connectivity index (χ3v) is 5.14. The van der Waals surface area contributed by atoms with Gasteiger partial charge in [0.05, 0.1) is 38.6 Å². The quantitative estimate of drug-likeness (QED) is 0.421. The molecular formula is C27H30N2O6. The first-order chi connectivity index (χ1) is 16.9. The van der Waals surface area contributed by atoms with E-state index in [0.29, 0.717) is 39.7 Å². The molecule has 0 spiro atoms. The van der Waals surface area contributed by atoms with E-state index in [2.05, 4.69) is 10.6 Å². The van der Waals surface area contributed by atoms with Crippen LogP contribution >= 0.6 is 0 Å². The minimum absolute atomic E-state index is 0.0546. The summed E-state index contributed by atoms with van der Waals surface area (Å²) >= 11 is 0. The number of benzene rings is 3. The fourth-order valence-corrected chi connectivity index (χ4v) is 3.50. The number of hydrogen-bond acceptors (Lipinski definition) is 6. The molecule has 8 heteroatoms. The summed E-state index contributed by atoms with van der Waals surface area (Å²) < 4.78 is 21.9. The number of methoxy groups -OCH3 is 3. The second-order valence-corrected chi connectivity index (χ2v) is 7.86. The molecule has 0 fully saturated rings. The number of carbonyl (C=O) groups excluding carboxylic acids is 2. The molecular weight excluding hydrogens is 448 g/mol. The van der Waals surface area contributed by atoms with Gasteiger partial charge in [-0.05, 0) is 55.8 Å². The standard InChI is InChI=1S/C27H30N2O6/c1-17(2)35-23-15-14-18(16-24(23)34-5)25(28-26(30)19-10-6-8-12-21(19)32-3)29-27(31)20-11-7-9-13-22(20)33-4/h6-17,25H,1-5H3,(H,28,30)(H,29,31). The van der Waals surface area contributed by atoms with Crippen molar-refractivity contribution in [2.45, 2.75) is 26.1 Å². The van der Waals surface area contributed by atoms with E-state index in [-0.39, 0.29) is 6.10 Å². The number of rotatable bonds is 10. The zero-order chi connectivity index (χ0) is 25.4. The van der Waals surface area contributed by atoms with Crippen molar-refractivity contribution in [1.29, 1.82) is 0 Å². The maximum Gasteiger partial charge on any atom is 0.256 e. The molecule has 3 aromatic carbocycles. The van der Waals surface area contributed by atoms with E-state index in [4.69, 9.17) is 18.9 Å². The molecule has 2 amide bonds. The molecule has 0 bridgehead atoms. The van der Waals surface area contributed by atoms with Gasteiger partial charge < -0.3 is 29.6 Å². The summed E-state index contributed by atoms with van der Waals surface area (Å²) in [6, 6.07) is 18.9. The highest BCUT2D eigenvalue weighted by Crippen LogP contribution is 2.31. The lowest BCUT2D eigenvalue weighted by Gasteiger charge is -2.23. The molecule has 35 heavy (non-hydrogen) atoms. The zero-order valence-corrected chi connectivity index (χ0v) is 20.5. The minimum atomic E-state index is -0.896. The maximum atomic E-state index is 13.2. The van der Waals surface area contributed by atoms with Crippen LogP contribution in [0.4, 0.5) is 0 Å². The van der Waals surface area contributed by atoms with E-state index in [1.807, 2.05) is 13.8 Å². The summed E-state index contributed by atoms with van der Waals surface area (Å²) in [4.78, 5) is 26.4. The first-order valence-corrected chi connectivity index (χ1v) is 11.1. The van der Waals surface area contributed by atoms with Gasteiger partial charge in [0.1, 0.15) is 17.7 Å². The van der Waals surface area contributed by atoms with Crippen LogP contribution in [0, 0.1) is 0 Å². The first kappa shape index (κ1) is 25.4. The number of carbonyl (C=O) groups is 2. The lowest BCUT2D eigenvalue weighted by Crippen LogP contribution is -2.41. The average Bonchev–Trinajstić information content (AvgIpc) is 2.87. The molecule has 3 aromatic rings. The summed E-state index contributed by atoms with van der Waals surface area (Å²) in [5.41, 5.74) is 1.25. The van der Waals surface area contributed by atoms with Gasteiger partial charge in [0.2, 0.25) is 0 Å². The van der Waals surface area contributed by atoms with Crippen LogP contribution in [0.3, 0.4) is 0 Å². The van der Waals surface area contributed by atoms with Gasteiger partial charge in [-0.1, -0.05) is 30.3 Å². The van der Waals surface area contributed by atoms with Crippen molar-refractivity contribution < 1.29 is 28.5 Å². The lowest BCUT2D eigenvalue weighted by molar-refractivity contribution is 0.0880. The van der Waals surface area contributed by atoms with Gasteiger partial charge in [-0.2, -0.15) is 0 Å². The van der Waals surface area contributed by atoms with Crippen LogP contribution in [0.1, 0.15) is 46.3 Å². The third kappa shape index (κ3) is 6.23. The minimum Gasteiger partial charge on any atom is -0.496 e. The van der Waals surface area contributed by atoms with E-state index >= 15 is 0 Å². The van der Waals surface area contributed by atoms with Crippen molar-refractivity contribution in [3.63, 3.8) is 0 Å². The van der Waals surface area contributed by atoms with Crippen LogP contribution in [0.5, 0.6) is 23.0 Å². The Labute approximate surface area is 205 Å². The van der Waals surface area contributed by atoms with Crippen molar-refractivity contribution in [2.24, 2.45) is 0 Å². The Balaban J connectivity index is 1.98. The Kier molecular flexibility index (Phi) is 8.56. The summed E-state index contributed by atoms with van der Waals surface area (Å²) in [5, 5.41) is 5.77. The van der Waals surface area contributed by atoms with Gasteiger partial charge in [0, 0.05) is 0 Å². The molecule has 2 N–H and O–H groups in total. The molecule has 0 aromatic heterocycles. The first-order valence-electron chi connectivity index (χ1n) is 11.1. The van der Waals surface area contributed by atoms with Crippen molar-refractivity contribution in [1.82, 2.24) is 10.6 Å². The van der Waals surface area contributed by atoms with Crippen molar-refractivity contribution >= 4 is 11.8 Å². The van der Waals surface area contributed by atoms with Crippen LogP contribution in [0.15, 0.2) is 66.7 Å². The predicted molar refractivity (Wildman–Crippen MR) is 132 cm³/mol. The maximum absolute atomic E-state index is 13.2. The molecule has 0 aliphatic heterocycles. The summed E-state index contributed by atoms with van der Waals surface area (Å²) in [7, 11) is 4.51. The fraction of sp³-hybridized carbons (Fsp3) is 0.259. The molecule has 0 aliphatic rings. The Morgan fingerprint density at radius 3 is 1.60 bits per heavy atom. The number of nitrogens with one attached hydrogen (secondary N) is 2. The number of amides is 2. The molecule has 0 radical (unpaired) electrons. The highest BCUT2D eigenvalue weighted by atomic mass is 16.5. The monoisotopic (exact) mass is 478 g/mol. The van der Waals surface area contributed by atoms with E-state index in [0.717, 1.165) is 0 Å². The van der Waals surface area contributed by atoms with E-state index in [1.54, 1.807) is 66.7 Å². The van der Waals surface area contributed by atoms with Crippen molar-refractivity contribution in [3.8, 4) is 23.0 Å². The Hall–Kier alpha value is -4.20. The molecule has 0 unspecified atom stereocenters. The second-order valence-electron chi connectivity index (χ2n) is 7.86. The van der Waals surface area contributed by atoms with Crippen LogP contribution < -0.4 is 29.6 Å². The van der Waals surface area contributed by atoms with Gasteiger partial charge in [0.15, 0.2) is 11.5 Å². The third-order valence-electron chi connectivity index (χ3n) is 5.14.